The Morgan fingerprint density at radius 1 is 1.50 bits per heavy atom. The second kappa shape index (κ2) is 5.79. The number of carbonyl (C=O) groups excluding carboxylic acids is 1. The van der Waals surface area contributed by atoms with Crippen molar-refractivity contribution in [1.29, 1.82) is 0 Å². The Bertz CT molecular complexity index is 609. The molecule has 1 heterocycles. The van der Waals surface area contributed by atoms with Gasteiger partial charge in [0, 0.05) is 25.8 Å². The number of hydrogen-bond donors (Lipinski definition) is 3. The maximum Gasteiger partial charge on any atom is 0.319 e. The van der Waals surface area contributed by atoms with E-state index >= 15 is 0 Å². The third kappa shape index (κ3) is 3.18. The van der Waals surface area contributed by atoms with E-state index in [-0.39, 0.29) is 18.7 Å². The second-order valence-electron chi connectivity index (χ2n) is 4.76. The number of nitrogens with zero attached hydrogens (tertiary/aromatic N) is 2. The third-order valence-electron chi connectivity index (χ3n) is 2.67. The number of fused-ring (bicyclic) bond motifs is 1. The number of anilines is 2. The summed E-state index contributed by atoms with van der Waals surface area (Å²) in [6.45, 7) is 1.60. The van der Waals surface area contributed by atoms with Gasteiger partial charge in [0.25, 0.3) is 6.01 Å². The summed E-state index contributed by atoms with van der Waals surface area (Å²) in [6, 6.07) is 5.06. The van der Waals surface area contributed by atoms with Crippen molar-refractivity contribution in [2.45, 2.75) is 13.0 Å². The van der Waals surface area contributed by atoms with Crippen LogP contribution in [0.5, 0.6) is 0 Å². The number of nitrogens with one attached hydrogen (secondary N) is 2. The molecule has 0 radical (unpaired) electrons. The van der Waals surface area contributed by atoms with Crippen LogP contribution in [0.3, 0.4) is 0 Å². The molecule has 0 fully saturated rings. The molecule has 2 aromatic rings. The third-order valence-corrected chi connectivity index (χ3v) is 2.67. The SMILES string of the molecule is CC(CO)NC(=O)Nc1ccc2nc(N(C)C)oc2c1. The highest BCUT2D eigenvalue weighted by Crippen LogP contribution is 2.23. The molecule has 1 atom stereocenters. The van der Waals surface area contributed by atoms with E-state index in [0.29, 0.717) is 17.3 Å². The van der Waals surface area contributed by atoms with Gasteiger partial charge in [-0.05, 0) is 19.1 Å². The molecular formula is C13H18N4O3. The van der Waals surface area contributed by atoms with Crippen LogP contribution in [-0.4, -0.2) is 42.9 Å². The summed E-state index contributed by atoms with van der Waals surface area (Å²) in [4.78, 5) is 17.7. The molecule has 7 nitrogen and oxygen atoms in total. The first-order chi connectivity index (χ1) is 9.49. The first kappa shape index (κ1) is 14.1. The lowest BCUT2D eigenvalue weighted by Crippen LogP contribution is -2.38. The zero-order valence-electron chi connectivity index (χ0n) is 11.7. The smallest absolute Gasteiger partial charge is 0.319 e. The van der Waals surface area contributed by atoms with E-state index in [1.54, 1.807) is 30.0 Å². The van der Waals surface area contributed by atoms with E-state index in [9.17, 15) is 4.79 Å². The van der Waals surface area contributed by atoms with Crippen LogP contribution < -0.4 is 15.5 Å². The minimum absolute atomic E-state index is 0.110. The van der Waals surface area contributed by atoms with Gasteiger partial charge in [-0.1, -0.05) is 0 Å². The minimum Gasteiger partial charge on any atom is -0.423 e. The average Bonchev–Trinajstić information content (AvgIpc) is 2.81. The Hall–Kier alpha value is -2.28. The van der Waals surface area contributed by atoms with E-state index in [1.807, 2.05) is 14.1 Å². The highest BCUT2D eigenvalue weighted by Gasteiger charge is 2.10. The van der Waals surface area contributed by atoms with Crippen molar-refractivity contribution in [1.82, 2.24) is 10.3 Å². The monoisotopic (exact) mass is 278 g/mol. The number of aromatic nitrogens is 1. The fourth-order valence-electron chi connectivity index (χ4n) is 1.62. The molecule has 108 valence electrons. The largest absolute Gasteiger partial charge is 0.423 e. The standard InChI is InChI=1S/C13H18N4O3/c1-8(7-18)14-12(19)15-9-4-5-10-11(6-9)20-13(16-10)17(2)3/h4-6,8,18H,7H2,1-3H3,(H2,14,15,19). The van der Waals surface area contributed by atoms with E-state index < -0.39 is 0 Å². The van der Waals surface area contributed by atoms with Gasteiger partial charge in [0.2, 0.25) is 0 Å². The quantitative estimate of drug-likeness (QED) is 0.786. The average molecular weight is 278 g/mol. The summed E-state index contributed by atoms with van der Waals surface area (Å²) in [6.07, 6.45) is 0. The van der Waals surface area contributed by atoms with Crippen LogP contribution in [0, 0.1) is 0 Å². The second-order valence-corrected chi connectivity index (χ2v) is 4.76. The van der Waals surface area contributed by atoms with Gasteiger partial charge < -0.3 is 25.1 Å². The Balaban J connectivity index is 2.13. The number of hydrogen-bond acceptors (Lipinski definition) is 5. The predicted octanol–water partition coefficient (Wildman–Crippen LogP) is 1.40. The zero-order chi connectivity index (χ0) is 14.7. The van der Waals surface area contributed by atoms with Crippen LogP contribution in [0.25, 0.3) is 11.1 Å². The Labute approximate surface area is 116 Å². The van der Waals surface area contributed by atoms with Crippen molar-refractivity contribution in [2.75, 3.05) is 30.9 Å². The maximum absolute atomic E-state index is 11.6. The number of oxazole rings is 1. The van der Waals surface area contributed by atoms with Crippen LogP contribution >= 0.6 is 0 Å². The molecule has 7 heteroatoms. The van der Waals surface area contributed by atoms with Gasteiger partial charge in [-0.25, -0.2) is 4.79 Å². The van der Waals surface area contributed by atoms with E-state index in [1.165, 1.54) is 0 Å². The normalized spacial score (nSPS) is 12.2. The van der Waals surface area contributed by atoms with Crippen LogP contribution in [0.15, 0.2) is 22.6 Å². The van der Waals surface area contributed by atoms with E-state index in [2.05, 4.69) is 15.6 Å². The van der Waals surface area contributed by atoms with Gasteiger partial charge in [0.1, 0.15) is 5.52 Å². The van der Waals surface area contributed by atoms with Crippen LogP contribution in [-0.2, 0) is 0 Å². The molecule has 0 aliphatic rings. The lowest BCUT2D eigenvalue weighted by atomic mass is 10.3. The fraction of sp³-hybridized carbons (Fsp3) is 0.385. The van der Waals surface area contributed by atoms with Gasteiger partial charge in [-0.15, -0.1) is 0 Å². The summed E-state index contributed by atoms with van der Waals surface area (Å²) < 4.78 is 5.56. The highest BCUT2D eigenvalue weighted by atomic mass is 16.4. The van der Waals surface area contributed by atoms with Crippen molar-refractivity contribution in [3.63, 3.8) is 0 Å². The highest BCUT2D eigenvalue weighted by molar-refractivity contribution is 5.91. The maximum atomic E-state index is 11.6. The summed E-state index contributed by atoms with van der Waals surface area (Å²) in [7, 11) is 3.68. The van der Waals surface area contributed by atoms with Crippen molar-refractivity contribution < 1.29 is 14.3 Å². The molecule has 1 aromatic heterocycles. The lowest BCUT2D eigenvalue weighted by molar-refractivity contribution is 0.229. The minimum atomic E-state index is -0.377. The van der Waals surface area contributed by atoms with Gasteiger partial charge >= 0.3 is 6.03 Å². The summed E-state index contributed by atoms with van der Waals surface area (Å²) in [5.41, 5.74) is 1.92. The van der Waals surface area contributed by atoms with Crippen molar-refractivity contribution in [2.24, 2.45) is 0 Å². The summed E-state index contributed by atoms with van der Waals surface area (Å²) in [5.74, 6) is 0. The molecule has 0 saturated heterocycles. The van der Waals surface area contributed by atoms with Crippen LogP contribution in [0.1, 0.15) is 6.92 Å². The molecule has 0 saturated carbocycles. The molecule has 2 amide bonds. The van der Waals surface area contributed by atoms with Gasteiger partial charge in [0.05, 0.1) is 12.6 Å². The summed E-state index contributed by atoms with van der Waals surface area (Å²) in [5, 5.41) is 14.1. The number of aliphatic hydroxyl groups is 1. The molecule has 1 unspecified atom stereocenters. The Morgan fingerprint density at radius 3 is 2.90 bits per heavy atom. The molecule has 20 heavy (non-hydrogen) atoms. The van der Waals surface area contributed by atoms with Gasteiger partial charge in [-0.3, -0.25) is 0 Å². The number of benzene rings is 1. The number of amides is 2. The topological polar surface area (TPSA) is 90.6 Å². The molecule has 2 rings (SSSR count). The molecular weight excluding hydrogens is 260 g/mol. The number of aliphatic hydroxyl groups excluding tert-OH is 1. The Kier molecular flexibility index (Phi) is 4.09. The number of rotatable bonds is 4. The molecule has 0 bridgehead atoms. The first-order valence-corrected chi connectivity index (χ1v) is 6.26. The van der Waals surface area contributed by atoms with Crippen molar-refractivity contribution >= 4 is 28.8 Å². The molecule has 0 aliphatic carbocycles. The molecule has 0 aliphatic heterocycles. The Morgan fingerprint density at radius 2 is 2.25 bits per heavy atom. The number of urea groups is 1. The van der Waals surface area contributed by atoms with Crippen LogP contribution in [0.2, 0.25) is 0 Å². The first-order valence-electron chi connectivity index (χ1n) is 6.26. The van der Waals surface area contributed by atoms with Gasteiger partial charge in [-0.2, -0.15) is 4.98 Å². The molecule has 1 aromatic carbocycles. The fourth-order valence-corrected chi connectivity index (χ4v) is 1.62. The lowest BCUT2D eigenvalue weighted by Gasteiger charge is -2.11. The van der Waals surface area contributed by atoms with E-state index in [4.69, 9.17) is 9.52 Å². The predicted molar refractivity (Wildman–Crippen MR) is 77.0 cm³/mol. The molecule has 0 spiro atoms. The molecule has 3 N–H and O–H groups in total. The van der Waals surface area contributed by atoms with Crippen molar-refractivity contribution in [3.8, 4) is 0 Å². The summed E-state index contributed by atoms with van der Waals surface area (Å²) >= 11 is 0. The van der Waals surface area contributed by atoms with Gasteiger partial charge in [0.15, 0.2) is 5.58 Å². The van der Waals surface area contributed by atoms with Crippen molar-refractivity contribution in [3.05, 3.63) is 18.2 Å². The van der Waals surface area contributed by atoms with E-state index in [0.717, 1.165) is 5.52 Å². The number of carbonyl (C=O) groups is 1. The zero-order valence-corrected chi connectivity index (χ0v) is 11.7. The van der Waals surface area contributed by atoms with Crippen LogP contribution in [0.4, 0.5) is 16.5 Å².